The number of anilines is 2. The van der Waals surface area contributed by atoms with Crippen LogP contribution in [0.4, 0.5) is 11.4 Å². The highest BCUT2D eigenvalue weighted by Gasteiger charge is 2.44. The first-order chi connectivity index (χ1) is 22.9. The standard InChI is InChI=1S/C34H36N8O5/c35-14-20(29-16-38-27-6-4-22(13-28(27)40-29)39-24-17-47-18-24)15-37-23-10-19(11-23)2-1-9-36-21-3-5-25-26(12-21)34(46)42(33(25)45)30-7-8-31(43)41-32(30)44/h3-6,12-16,19,23-24,30,35-37,39H,1-2,7-11,17-18H2,(H,41,43,44)/b20-15+,35-14?. The van der Waals surface area contributed by atoms with Gasteiger partial charge in [0.05, 0.1) is 53.3 Å². The van der Waals surface area contributed by atoms with Gasteiger partial charge in [-0.25, -0.2) is 4.98 Å². The number of allylic oxidation sites excluding steroid dienone is 1. The van der Waals surface area contributed by atoms with E-state index in [4.69, 9.17) is 15.1 Å². The van der Waals surface area contributed by atoms with Crippen molar-refractivity contribution in [3.8, 4) is 0 Å². The average Bonchev–Trinajstić information content (AvgIpc) is 3.27. The predicted molar refractivity (Wildman–Crippen MR) is 175 cm³/mol. The molecule has 2 aromatic carbocycles. The number of amides is 4. The molecular weight excluding hydrogens is 600 g/mol. The maximum atomic E-state index is 13.1. The fourth-order valence-corrected chi connectivity index (χ4v) is 6.50. The SMILES string of the molecule is N=C/C(=C\NC1CC(CCCNc2ccc3c(c2)C(=O)N(C2CCC(=O)NC2=O)C3=O)C1)c1cnc2ccc(NC3COC3)cc2n1. The minimum Gasteiger partial charge on any atom is -0.388 e. The third kappa shape index (κ3) is 6.30. The fourth-order valence-electron chi connectivity index (χ4n) is 6.50. The van der Waals surface area contributed by atoms with Crippen LogP contribution in [0.3, 0.4) is 0 Å². The van der Waals surface area contributed by atoms with E-state index in [1.807, 2.05) is 24.4 Å². The Morgan fingerprint density at radius 2 is 1.81 bits per heavy atom. The number of hydrogen-bond donors (Lipinski definition) is 5. The molecule has 3 aromatic rings. The second kappa shape index (κ2) is 12.9. The first kappa shape index (κ1) is 30.5. The Morgan fingerprint density at radius 1 is 1.00 bits per heavy atom. The Hall–Kier alpha value is -5.17. The summed E-state index contributed by atoms with van der Waals surface area (Å²) >= 11 is 0. The number of aromatic nitrogens is 2. The molecule has 1 atom stereocenters. The van der Waals surface area contributed by atoms with E-state index in [0.717, 1.165) is 59.5 Å². The van der Waals surface area contributed by atoms with Gasteiger partial charge in [-0.15, -0.1) is 0 Å². The smallest absolute Gasteiger partial charge is 0.262 e. The molecule has 13 heteroatoms. The number of rotatable bonds is 12. The van der Waals surface area contributed by atoms with Crippen LogP contribution < -0.4 is 21.3 Å². The van der Waals surface area contributed by atoms with E-state index < -0.39 is 29.7 Å². The second-order valence-corrected chi connectivity index (χ2v) is 12.6. The molecule has 1 aromatic heterocycles. The second-order valence-electron chi connectivity index (χ2n) is 12.6. The van der Waals surface area contributed by atoms with Gasteiger partial charge in [0.15, 0.2) is 0 Å². The van der Waals surface area contributed by atoms with Gasteiger partial charge in [0.25, 0.3) is 11.8 Å². The summed E-state index contributed by atoms with van der Waals surface area (Å²) in [6.45, 7) is 2.12. The number of benzene rings is 2. The lowest BCUT2D eigenvalue weighted by Gasteiger charge is -2.36. The first-order valence-corrected chi connectivity index (χ1v) is 16.0. The lowest BCUT2D eigenvalue weighted by atomic mass is 9.77. The van der Waals surface area contributed by atoms with Crippen molar-refractivity contribution >= 4 is 57.8 Å². The summed E-state index contributed by atoms with van der Waals surface area (Å²) in [4.78, 5) is 60.0. The van der Waals surface area contributed by atoms with E-state index in [9.17, 15) is 19.2 Å². The number of hydrogen-bond acceptors (Lipinski definition) is 11. The molecule has 0 bridgehead atoms. The summed E-state index contributed by atoms with van der Waals surface area (Å²) < 4.78 is 5.24. The van der Waals surface area contributed by atoms with Crippen molar-refractivity contribution in [2.75, 3.05) is 30.4 Å². The number of ether oxygens (including phenoxy) is 1. The van der Waals surface area contributed by atoms with Crippen LogP contribution in [-0.4, -0.2) is 82.6 Å². The normalized spacial score (nSPS) is 22.8. The zero-order valence-corrected chi connectivity index (χ0v) is 25.8. The Morgan fingerprint density at radius 3 is 2.57 bits per heavy atom. The maximum absolute atomic E-state index is 13.1. The van der Waals surface area contributed by atoms with Crippen molar-refractivity contribution in [2.45, 2.75) is 56.7 Å². The third-order valence-electron chi connectivity index (χ3n) is 9.27. The van der Waals surface area contributed by atoms with Crippen LogP contribution in [0.2, 0.25) is 0 Å². The highest BCUT2D eigenvalue weighted by atomic mass is 16.5. The molecule has 2 saturated heterocycles. The van der Waals surface area contributed by atoms with E-state index in [1.54, 1.807) is 24.4 Å². The lowest BCUT2D eigenvalue weighted by Crippen LogP contribution is -2.54. The lowest BCUT2D eigenvalue weighted by molar-refractivity contribution is -0.136. The van der Waals surface area contributed by atoms with E-state index in [0.29, 0.717) is 42.5 Å². The first-order valence-electron chi connectivity index (χ1n) is 16.0. The Kier molecular flexibility index (Phi) is 8.37. The molecule has 5 N–H and O–H groups in total. The number of carbonyl (C=O) groups excluding carboxylic acids is 4. The molecule has 0 spiro atoms. The predicted octanol–water partition coefficient (Wildman–Crippen LogP) is 3.09. The molecule has 3 aliphatic heterocycles. The van der Waals surface area contributed by atoms with Gasteiger partial charge >= 0.3 is 0 Å². The van der Waals surface area contributed by atoms with Crippen molar-refractivity contribution in [1.82, 2.24) is 25.5 Å². The number of carbonyl (C=O) groups is 4. The number of nitrogens with zero attached hydrogens (tertiary/aromatic N) is 3. The molecule has 13 nitrogen and oxygen atoms in total. The van der Waals surface area contributed by atoms with Crippen LogP contribution in [0.15, 0.2) is 48.8 Å². The van der Waals surface area contributed by atoms with E-state index in [2.05, 4.69) is 26.3 Å². The Labute approximate surface area is 271 Å². The van der Waals surface area contributed by atoms with Crippen LogP contribution >= 0.6 is 0 Å². The molecule has 7 rings (SSSR count). The van der Waals surface area contributed by atoms with E-state index >= 15 is 0 Å². The summed E-state index contributed by atoms with van der Waals surface area (Å²) in [6.07, 6.45) is 9.16. The number of fused-ring (bicyclic) bond motifs is 2. The van der Waals surface area contributed by atoms with Gasteiger partial charge in [0.2, 0.25) is 11.8 Å². The van der Waals surface area contributed by atoms with Gasteiger partial charge in [0, 0.05) is 48.4 Å². The highest BCUT2D eigenvalue weighted by Crippen LogP contribution is 2.32. The van der Waals surface area contributed by atoms with Crippen molar-refractivity contribution in [2.24, 2.45) is 5.92 Å². The molecule has 3 fully saturated rings. The largest absolute Gasteiger partial charge is 0.388 e. The average molecular weight is 637 g/mol. The zero-order valence-electron chi connectivity index (χ0n) is 25.8. The van der Waals surface area contributed by atoms with Crippen LogP contribution in [0.5, 0.6) is 0 Å². The molecule has 47 heavy (non-hydrogen) atoms. The summed E-state index contributed by atoms with van der Waals surface area (Å²) in [5.41, 5.74) is 5.15. The van der Waals surface area contributed by atoms with Gasteiger partial charge in [-0.2, -0.15) is 0 Å². The van der Waals surface area contributed by atoms with Crippen LogP contribution in [-0.2, 0) is 14.3 Å². The number of imide groups is 2. The summed E-state index contributed by atoms with van der Waals surface area (Å²) in [6, 6.07) is 10.7. The summed E-state index contributed by atoms with van der Waals surface area (Å²) in [7, 11) is 0. The molecule has 4 heterocycles. The van der Waals surface area contributed by atoms with Crippen LogP contribution in [0.1, 0.15) is 64.9 Å². The molecule has 1 aliphatic carbocycles. The van der Waals surface area contributed by atoms with Gasteiger partial charge in [-0.05, 0) is 74.4 Å². The van der Waals surface area contributed by atoms with Crippen molar-refractivity contribution < 1.29 is 23.9 Å². The van der Waals surface area contributed by atoms with Crippen LogP contribution in [0, 0.1) is 11.3 Å². The summed E-state index contributed by atoms with van der Waals surface area (Å²) in [5.74, 6) is -1.43. The monoisotopic (exact) mass is 636 g/mol. The van der Waals surface area contributed by atoms with Gasteiger partial charge in [-0.3, -0.25) is 34.4 Å². The third-order valence-corrected chi connectivity index (χ3v) is 9.27. The van der Waals surface area contributed by atoms with Gasteiger partial charge in [-0.1, -0.05) is 0 Å². The quantitative estimate of drug-likeness (QED) is 0.113. The molecule has 0 radical (unpaired) electrons. The van der Waals surface area contributed by atoms with Gasteiger partial charge in [0.1, 0.15) is 6.04 Å². The number of nitrogens with one attached hydrogen (secondary N) is 5. The molecule has 1 unspecified atom stereocenters. The van der Waals surface area contributed by atoms with Crippen molar-refractivity contribution in [1.29, 1.82) is 5.41 Å². The van der Waals surface area contributed by atoms with Crippen molar-refractivity contribution in [3.05, 3.63) is 65.6 Å². The van der Waals surface area contributed by atoms with Crippen LogP contribution in [0.25, 0.3) is 16.6 Å². The molecule has 1 saturated carbocycles. The zero-order chi connectivity index (χ0) is 32.5. The summed E-state index contributed by atoms with van der Waals surface area (Å²) in [5, 5.41) is 20.4. The van der Waals surface area contributed by atoms with E-state index in [1.165, 1.54) is 6.21 Å². The molecule has 242 valence electrons. The number of piperidine rings is 1. The molecular formula is C34H36N8O5. The molecule has 4 aliphatic rings. The Balaban J connectivity index is 0.862. The van der Waals surface area contributed by atoms with E-state index in [-0.39, 0.29) is 24.0 Å². The maximum Gasteiger partial charge on any atom is 0.262 e. The minimum atomic E-state index is -0.972. The molecule has 4 amide bonds. The topological polar surface area (TPSA) is 178 Å². The fraction of sp³-hybridized carbons (Fsp3) is 0.382. The minimum absolute atomic E-state index is 0.0901. The van der Waals surface area contributed by atoms with Crippen molar-refractivity contribution in [3.63, 3.8) is 0 Å². The highest BCUT2D eigenvalue weighted by molar-refractivity contribution is 6.23. The van der Waals surface area contributed by atoms with Gasteiger partial charge < -0.3 is 26.1 Å². The Bertz CT molecular complexity index is 1800.